The van der Waals surface area contributed by atoms with Gasteiger partial charge in [-0.3, -0.25) is 24.7 Å². The van der Waals surface area contributed by atoms with E-state index in [1.807, 2.05) is 12.1 Å². The number of hydrogen-bond donors (Lipinski definition) is 0. The molecule has 2 aromatic carbocycles. The molecule has 1 aromatic heterocycles. The molecule has 0 bridgehead atoms. The highest BCUT2D eigenvalue weighted by Crippen LogP contribution is 2.33. The van der Waals surface area contributed by atoms with Gasteiger partial charge in [-0.05, 0) is 18.2 Å². The van der Waals surface area contributed by atoms with Crippen molar-refractivity contribution >= 4 is 34.1 Å². The SMILES string of the molecule is O=C1c2ccc([N+](=O)[O-])cc2C(=O)N1c1cccc2cccnc12. The number of non-ortho nitro benzene ring substituents is 1. The van der Waals surface area contributed by atoms with Crippen molar-refractivity contribution in [3.05, 3.63) is 76.0 Å². The molecule has 0 atom stereocenters. The summed E-state index contributed by atoms with van der Waals surface area (Å²) in [6.07, 6.45) is 1.58. The standard InChI is InChI=1S/C17H9N3O4/c21-16-12-7-6-11(20(23)24)9-13(12)17(22)19(16)14-5-1-3-10-4-2-8-18-15(10)14/h1-9H. The van der Waals surface area contributed by atoms with Crippen LogP contribution in [0.5, 0.6) is 0 Å². The van der Waals surface area contributed by atoms with Crippen LogP contribution >= 0.6 is 0 Å². The van der Waals surface area contributed by atoms with E-state index in [0.29, 0.717) is 11.2 Å². The summed E-state index contributed by atoms with van der Waals surface area (Å²) in [5.41, 5.74) is 0.833. The molecule has 4 rings (SSSR count). The number of carbonyl (C=O) groups is 2. The molecule has 24 heavy (non-hydrogen) atoms. The predicted molar refractivity (Wildman–Crippen MR) is 86.0 cm³/mol. The molecule has 116 valence electrons. The second-order valence-corrected chi connectivity index (χ2v) is 5.28. The minimum atomic E-state index is -0.597. The molecule has 0 spiro atoms. The topological polar surface area (TPSA) is 93.4 Å². The van der Waals surface area contributed by atoms with E-state index in [4.69, 9.17) is 0 Å². The summed E-state index contributed by atoms with van der Waals surface area (Å²) in [7, 11) is 0. The third-order valence-electron chi connectivity index (χ3n) is 3.93. The Hall–Kier alpha value is -3.61. The van der Waals surface area contributed by atoms with Gasteiger partial charge in [-0.1, -0.05) is 18.2 Å². The Balaban J connectivity index is 1.90. The highest BCUT2D eigenvalue weighted by Gasteiger charge is 2.38. The smallest absolute Gasteiger partial charge is 0.268 e. The Morgan fingerprint density at radius 2 is 1.71 bits per heavy atom. The zero-order valence-electron chi connectivity index (χ0n) is 12.2. The summed E-state index contributed by atoms with van der Waals surface area (Å²) in [4.78, 5) is 40.9. The number of carbonyl (C=O) groups excluding carboxylic acids is 2. The van der Waals surface area contributed by atoms with Crippen molar-refractivity contribution in [1.82, 2.24) is 4.98 Å². The van der Waals surface area contributed by atoms with Gasteiger partial charge in [0.2, 0.25) is 0 Å². The minimum Gasteiger partial charge on any atom is -0.268 e. The second kappa shape index (κ2) is 4.95. The molecule has 0 saturated carbocycles. The first-order valence-corrected chi connectivity index (χ1v) is 7.09. The number of aromatic nitrogens is 1. The van der Waals surface area contributed by atoms with Crippen LogP contribution in [0.2, 0.25) is 0 Å². The summed E-state index contributed by atoms with van der Waals surface area (Å²) >= 11 is 0. The fourth-order valence-corrected chi connectivity index (χ4v) is 2.83. The van der Waals surface area contributed by atoms with Crippen molar-refractivity contribution < 1.29 is 14.5 Å². The minimum absolute atomic E-state index is 0.0298. The summed E-state index contributed by atoms with van der Waals surface area (Å²) < 4.78 is 0. The molecule has 3 aromatic rings. The maximum Gasteiger partial charge on any atom is 0.270 e. The summed E-state index contributed by atoms with van der Waals surface area (Å²) in [6.45, 7) is 0. The number of nitrogens with zero attached hydrogens (tertiary/aromatic N) is 3. The lowest BCUT2D eigenvalue weighted by Gasteiger charge is -2.15. The van der Waals surface area contributed by atoms with E-state index in [-0.39, 0.29) is 16.8 Å². The number of imide groups is 1. The van der Waals surface area contributed by atoms with Gasteiger partial charge < -0.3 is 0 Å². The average Bonchev–Trinajstić information content (AvgIpc) is 2.85. The number of pyridine rings is 1. The van der Waals surface area contributed by atoms with Crippen molar-refractivity contribution in [3.8, 4) is 0 Å². The molecule has 1 aliphatic heterocycles. The zero-order chi connectivity index (χ0) is 16.8. The number of fused-ring (bicyclic) bond motifs is 2. The number of anilines is 1. The molecule has 7 heteroatoms. The van der Waals surface area contributed by atoms with E-state index in [2.05, 4.69) is 4.98 Å². The Bertz CT molecular complexity index is 1040. The molecule has 2 amide bonds. The van der Waals surface area contributed by atoms with Gasteiger partial charge >= 0.3 is 0 Å². The van der Waals surface area contributed by atoms with Crippen molar-refractivity contribution in [3.63, 3.8) is 0 Å². The third kappa shape index (κ3) is 1.88. The molecule has 1 aliphatic rings. The summed E-state index contributed by atoms with van der Waals surface area (Å²) in [5.74, 6) is -1.10. The number of para-hydroxylation sites is 1. The monoisotopic (exact) mass is 319 g/mol. The van der Waals surface area contributed by atoms with Crippen LogP contribution in [0.1, 0.15) is 20.7 Å². The Morgan fingerprint density at radius 1 is 0.958 bits per heavy atom. The molecule has 0 aliphatic carbocycles. The first kappa shape index (κ1) is 14.0. The average molecular weight is 319 g/mol. The van der Waals surface area contributed by atoms with Crippen molar-refractivity contribution in [2.24, 2.45) is 0 Å². The number of nitro benzene ring substituents is 1. The van der Waals surface area contributed by atoms with Gasteiger partial charge in [-0.25, -0.2) is 4.90 Å². The van der Waals surface area contributed by atoms with Crippen LogP contribution in [0.15, 0.2) is 54.7 Å². The lowest BCUT2D eigenvalue weighted by molar-refractivity contribution is -0.384. The van der Waals surface area contributed by atoms with E-state index in [1.165, 1.54) is 12.1 Å². The van der Waals surface area contributed by atoms with Gasteiger partial charge in [0, 0.05) is 23.7 Å². The largest absolute Gasteiger partial charge is 0.270 e. The van der Waals surface area contributed by atoms with Crippen LogP contribution in [0.3, 0.4) is 0 Å². The van der Waals surface area contributed by atoms with Gasteiger partial charge in [0.25, 0.3) is 17.5 Å². The number of hydrogen-bond acceptors (Lipinski definition) is 5. The van der Waals surface area contributed by atoms with Crippen molar-refractivity contribution in [2.45, 2.75) is 0 Å². The molecule has 0 N–H and O–H groups in total. The van der Waals surface area contributed by atoms with E-state index < -0.39 is 16.7 Å². The normalized spacial score (nSPS) is 13.4. The zero-order valence-corrected chi connectivity index (χ0v) is 12.2. The first-order valence-electron chi connectivity index (χ1n) is 7.09. The number of benzene rings is 2. The lowest BCUT2D eigenvalue weighted by Crippen LogP contribution is -2.29. The molecule has 0 radical (unpaired) electrons. The van der Waals surface area contributed by atoms with Gasteiger partial charge in [0.05, 0.1) is 27.3 Å². The Labute approximate surface area is 135 Å². The van der Waals surface area contributed by atoms with E-state index in [9.17, 15) is 19.7 Å². The van der Waals surface area contributed by atoms with Crippen LogP contribution in [-0.4, -0.2) is 21.7 Å². The van der Waals surface area contributed by atoms with E-state index >= 15 is 0 Å². The summed E-state index contributed by atoms with van der Waals surface area (Å²) in [6, 6.07) is 12.4. The van der Waals surface area contributed by atoms with Crippen LogP contribution < -0.4 is 4.90 Å². The molecule has 0 fully saturated rings. The quantitative estimate of drug-likeness (QED) is 0.411. The van der Waals surface area contributed by atoms with Gasteiger partial charge in [-0.2, -0.15) is 0 Å². The van der Waals surface area contributed by atoms with Crippen LogP contribution in [0, 0.1) is 10.1 Å². The fraction of sp³-hybridized carbons (Fsp3) is 0. The molecule has 7 nitrogen and oxygen atoms in total. The van der Waals surface area contributed by atoms with Crippen LogP contribution in [-0.2, 0) is 0 Å². The summed E-state index contributed by atoms with van der Waals surface area (Å²) in [5, 5.41) is 11.7. The second-order valence-electron chi connectivity index (χ2n) is 5.28. The maximum absolute atomic E-state index is 12.7. The van der Waals surface area contributed by atoms with Gasteiger partial charge in [0.1, 0.15) is 0 Å². The molecule has 0 saturated heterocycles. The predicted octanol–water partition coefficient (Wildman–Crippen LogP) is 2.94. The number of rotatable bonds is 2. The van der Waals surface area contributed by atoms with Crippen LogP contribution in [0.4, 0.5) is 11.4 Å². The molecular weight excluding hydrogens is 310 g/mol. The van der Waals surface area contributed by atoms with E-state index in [1.54, 1.807) is 24.4 Å². The number of nitro groups is 1. The van der Waals surface area contributed by atoms with Crippen molar-refractivity contribution in [2.75, 3.05) is 4.90 Å². The van der Waals surface area contributed by atoms with Crippen molar-refractivity contribution in [1.29, 1.82) is 0 Å². The number of amides is 2. The molecule has 2 heterocycles. The Kier molecular flexibility index (Phi) is 2.89. The first-order chi connectivity index (χ1) is 11.6. The lowest BCUT2D eigenvalue weighted by atomic mass is 10.1. The van der Waals surface area contributed by atoms with Crippen LogP contribution in [0.25, 0.3) is 10.9 Å². The molecule has 0 unspecified atom stereocenters. The van der Waals surface area contributed by atoms with Gasteiger partial charge in [0.15, 0.2) is 0 Å². The van der Waals surface area contributed by atoms with E-state index in [0.717, 1.165) is 16.4 Å². The maximum atomic E-state index is 12.7. The highest BCUT2D eigenvalue weighted by molar-refractivity contribution is 6.36. The third-order valence-corrected chi connectivity index (χ3v) is 3.93. The fourth-order valence-electron chi connectivity index (χ4n) is 2.83. The molecular formula is C17H9N3O4. The van der Waals surface area contributed by atoms with Gasteiger partial charge in [-0.15, -0.1) is 0 Å². The Morgan fingerprint density at radius 3 is 2.50 bits per heavy atom. The highest BCUT2D eigenvalue weighted by atomic mass is 16.6.